The lowest BCUT2D eigenvalue weighted by Crippen LogP contribution is -2.35. The third kappa shape index (κ3) is 5.33. The van der Waals surface area contributed by atoms with Gasteiger partial charge in [-0.25, -0.2) is 0 Å². The smallest absolute Gasteiger partial charge is 0.309 e. The number of allylic oxidation sites excluding steroid dienone is 1. The van der Waals surface area contributed by atoms with Crippen molar-refractivity contribution in [3.8, 4) is 11.5 Å². The lowest BCUT2D eigenvalue weighted by molar-refractivity contribution is -0.147. The number of benzene rings is 1. The molecule has 0 aromatic heterocycles. The average Bonchev–Trinajstić information content (AvgIpc) is 2.64. The van der Waals surface area contributed by atoms with Crippen LogP contribution >= 0.6 is 0 Å². The molecule has 0 aliphatic carbocycles. The number of aliphatic imine (C=N–C) groups is 1. The second-order valence-corrected chi connectivity index (χ2v) is 6.28. The first-order chi connectivity index (χ1) is 12.5. The summed E-state index contributed by atoms with van der Waals surface area (Å²) in [6, 6.07) is 5.54. The van der Waals surface area contributed by atoms with Crippen LogP contribution in [-0.4, -0.2) is 49.8 Å². The molecule has 0 fully saturated rings. The van der Waals surface area contributed by atoms with Gasteiger partial charge in [-0.05, 0) is 42.2 Å². The summed E-state index contributed by atoms with van der Waals surface area (Å²) in [7, 11) is 1.59. The molecule has 142 valence electrons. The van der Waals surface area contributed by atoms with Gasteiger partial charge in [0, 0.05) is 6.21 Å². The molecule has 0 saturated heterocycles. The molecule has 1 N–H and O–H groups in total. The van der Waals surface area contributed by atoms with Crippen LogP contribution in [0, 0.1) is 0 Å². The molecule has 0 saturated carbocycles. The molecule has 6 nitrogen and oxygen atoms in total. The second-order valence-electron chi connectivity index (χ2n) is 6.28. The molecule has 0 unspecified atom stereocenters. The topological polar surface area (TPSA) is 77.4 Å². The van der Waals surface area contributed by atoms with Crippen LogP contribution < -0.4 is 9.47 Å². The summed E-state index contributed by atoms with van der Waals surface area (Å²) < 4.78 is 16.1. The highest BCUT2D eigenvalue weighted by molar-refractivity contribution is 6.11. The summed E-state index contributed by atoms with van der Waals surface area (Å²) in [6.07, 6.45) is 4.87. The van der Waals surface area contributed by atoms with Crippen molar-refractivity contribution >= 4 is 17.8 Å². The van der Waals surface area contributed by atoms with Crippen LogP contribution in [0.25, 0.3) is 5.57 Å². The monoisotopic (exact) mass is 361 g/mol. The summed E-state index contributed by atoms with van der Waals surface area (Å²) >= 11 is 0. The number of ether oxygens (including phenoxy) is 3. The highest BCUT2D eigenvalue weighted by Gasteiger charge is 2.31. The molecule has 0 radical (unpaired) electrons. The van der Waals surface area contributed by atoms with Crippen molar-refractivity contribution in [2.75, 3.05) is 26.9 Å². The molecule has 0 bridgehead atoms. The summed E-state index contributed by atoms with van der Waals surface area (Å²) in [5, 5.41) is 10.7. The van der Waals surface area contributed by atoms with Crippen molar-refractivity contribution in [3.05, 3.63) is 29.8 Å². The van der Waals surface area contributed by atoms with E-state index in [1.54, 1.807) is 19.4 Å². The molecule has 6 heteroatoms. The van der Waals surface area contributed by atoms with Gasteiger partial charge in [-0.1, -0.05) is 19.9 Å². The Morgan fingerprint density at radius 1 is 1.23 bits per heavy atom. The van der Waals surface area contributed by atoms with Gasteiger partial charge in [-0.3, -0.25) is 9.79 Å². The minimum atomic E-state index is -1.35. The van der Waals surface area contributed by atoms with E-state index in [2.05, 4.69) is 4.99 Å². The first kappa shape index (κ1) is 20.0. The fourth-order valence-electron chi connectivity index (χ4n) is 2.64. The van der Waals surface area contributed by atoms with Crippen molar-refractivity contribution in [1.29, 1.82) is 0 Å². The Morgan fingerprint density at radius 3 is 2.69 bits per heavy atom. The van der Waals surface area contributed by atoms with E-state index < -0.39 is 11.6 Å². The molecule has 0 amide bonds. The van der Waals surface area contributed by atoms with Gasteiger partial charge in [-0.2, -0.15) is 0 Å². The predicted octanol–water partition coefficient (Wildman–Crippen LogP) is 3.03. The third-order valence-corrected chi connectivity index (χ3v) is 3.90. The number of hydrogen-bond donors (Lipinski definition) is 1. The predicted molar refractivity (Wildman–Crippen MR) is 101 cm³/mol. The van der Waals surface area contributed by atoms with Crippen molar-refractivity contribution in [2.24, 2.45) is 4.99 Å². The SMILES string of the molecule is CCCOC(=O)C[C@@]1(O)C=C(c2ccc(OC)c(OCCC)c2)C=NC1. The lowest BCUT2D eigenvalue weighted by atomic mass is 9.91. The van der Waals surface area contributed by atoms with Crippen LogP contribution in [-0.2, 0) is 9.53 Å². The Bertz CT molecular complexity index is 683. The van der Waals surface area contributed by atoms with Gasteiger partial charge in [0.05, 0.1) is 33.3 Å². The normalized spacial score (nSPS) is 19.0. The highest BCUT2D eigenvalue weighted by Crippen LogP contribution is 2.32. The maximum atomic E-state index is 11.9. The number of methoxy groups -OCH3 is 1. The Balaban J connectivity index is 2.22. The Hall–Kier alpha value is -2.34. The fourth-order valence-corrected chi connectivity index (χ4v) is 2.64. The number of esters is 1. The Morgan fingerprint density at radius 2 is 2.00 bits per heavy atom. The van der Waals surface area contributed by atoms with Gasteiger partial charge in [0.2, 0.25) is 0 Å². The molecule has 1 aliphatic heterocycles. The molecule has 1 aromatic rings. The summed E-state index contributed by atoms with van der Waals surface area (Å²) in [4.78, 5) is 16.1. The van der Waals surface area contributed by atoms with Crippen molar-refractivity contribution in [1.82, 2.24) is 0 Å². The van der Waals surface area contributed by atoms with Crippen molar-refractivity contribution in [3.63, 3.8) is 0 Å². The van der Waals surface area contributed by atoms with Gasteiger partial charge >= 0.3 is 5.97 Å². The fraction of sp³-hybridized carbons (Fsp3) is 0.500. The van der Waals surface area contributed by atoms with Crippen LogP contribution in [0.3, 0.4) is 0 Å². The number of aliphatic hydroxyl groups is 1. The first-order valence-corrected chi connectivity index (χ1v) is 8.93. The van der Waals surface area contributed by atoms with Crippen LogP contribution in [0.1, 0.15) is 38.7 Å². The van der Waals surface area contributed by atoms with E-state index in [4.69, 9.17) is 14.2 Å². The van der Waals surface area contributed by atoms with Crippen molar-refractivity contribution in [2.45, 2.75) is 38.7 Å². The van der Waals surface area contributed by atoms with E-state index in [1.807, 2.05) is 32.0 Å². The molecule has 26 heavy (non-hydrogen) atoms. The van der Waals surface area contributed by atoms with E-state index in [9.17, 15) is 9.90 Å². The van der Waals surface area contributed by atoms with E-state index in [1.165, 1.54) is 0 Å². The van der Waals surface area contributed by atoms with Crippen molar-refractivity contribution < 1.29 is 24.1 Å². The Kier molecular flexibility index (Phi) is 7.21. The molecule has 1 heterocycles. The van der Waals surface area contributed by atoms with Gasteiger partial charge in [-0.15, -0.1) is 0 Å². The van der Waals surface area contributed by atoms with E-state index in [0.29, 0.717) is 24.7 Å². The number of nitrogens with zero attached hydrogens (tertiary/aromatic N) is 1. The summed E-state index contributed by atoms with van der Waals surface area (Å²) in [5.41, 5.74) is 0.214. The molecular weight excluding hydrogens is 334 g/mol. The number of carbonyl (C=O) groups is 1. The average molecular weight is 361 g/mol. The quantitative estimate of drug-likeness (QED) is 0.684. The second kappa shape index (κ2) is 9.38. The van der Waals surface area contributed by atoms with Crippen LogP contribution in [0.5, 0.6) is 11.5 Å². The standard InChI is InChI=1S/C20H27NO5/c1-4-8-25-18-10-15(6-7-17(18)24-3)16-11-20(23,14-21-13-16)12-19(22)26-9-5-2/h6-7,10-11,13,23H,4-5,8-9,12,14H2,1-3H3/t20-/m0/s1. The van der Waals surface area contributed by atoms with Gasteiger partial charge in [0.15, 0.2) is 11.5 Å². The maximum Gasteiger partial charge on any atom is 0.309 e. The van der Waals surface area contributed by atoms with Crippen LogP contribution in [0.15, 0.2) is 29.3 Å². The molecule has 0 spiro atoms. The summed E-state index contributed by atoms with van der Waals surface area (Å²) in [6.45, 7) is 5.02. The van der Waals surface area contributed by atoms with Gasteiger partial charge in [0.25, 0.3) is 0 Å². The lowest BCUT2D eigenvalue weighted by Gasteiger charge is -2.26. The molecule has 1 aromatic carbocycles. The zero-order valence-electron chi connectivity index (χ0n) is 15.7. The van der Waals surface area contributed by atoms with Crippen LogP contribution in [0.2, 0.25) is 0 Å². The zero-order valence-corrected chi connectivity index (χ0v) is 15.7. The van der Waals surface area contributed by atoms with Crippen LogP contribution in [0.4, 0.5) is 0 Å². The largest absolute Gasteiger partial charge is 0.493 e. The first-order valence-electron chi connectivity index (χ1n) is 8.93. The third-order valence-electron chi connectivity index (χ3n) is 3.90. The molecule has 2 rings (SSSR count). The van der Waals surface area contributed by atoms with E-state index >= 15 is 0 Å². The van der Waals surface area contributed by atoms with E-state index in [-0.39, 0.29) is 13.0 Å². The molecule has 1 atom stereocenters. The summed E-state index contributed by atoms with van der Waals surface area (Å²) in [5.74, 6) is 0.857. The Labute approximate surface area is 154 Å². The van der Waals surface area contributed by atoms with E-state index in [0.717, 1.165) is 24.0 Å². The number of carbonyl (C=O) groups excluding carboxylic acids is 1. The highest BCUT2D eigenvalue weighted by atomic mass is 16.5. The number of rotatable bonds is 9. The number of hydrogen-bond acceptors (Lipinski definition) is 6. The van der Waals surface area contributed by atoms with Gasteiger partial charge < -0.3 is 19.3 Å². The minimum Gasteiger partial charge on any atom is -0.493 e. The zero-order chi connectivity index (χ0) is 19.0. The molecule has 1 aliphatic rings. The minimum absolute atomic E-state index is 0.122. The maximum absolute atomic E-state index is 11.9. The van der Waals surface area contributed by atoms with Gasteiger partial charge in [0.1, 0.15) is 5.60 Å². The molecular formula is C20H27NO5. The number of dihydropyridines is 1.